The molecule has 3 N–H and O–H groups in total. The predicted molar refractivity (Wildman–Crippen MR) is 50.3 cm³/mol. The quantitative estimate of drug-likeness (QED) is 0.687. The fraction of sp³-hybridized carbons (Fsp3) is 0.250. The molecule has 1 atom stereocenters. The first kappa shape index (κ1) is 10.2. The number of hydrogen-bond acceptors (Lipinski definition) is 4. The van der Waals surface area contributed by atoms with Crippen molar-refractivity contribution in [3.63, 3.8) is 0 Å². The van der Waals surface area contributed by atoms with Crippen molar-refractivity contribution < 1.29 is 13.5 Å². The largest absolute Gasteiger partial charge is 0.399 e. The second kappa shape index (κ2) is 4.96. The lowest BCUT2D eigenvalue weighted by Crippen LogP contribution is -2.03. The highest BCUT2D eigenvalue weighted by atomic mass is 32.2. The summed E-state index contributed by atoms with van der Waals surface area (Å²) in [4.78, 5) is 0.508. The van der Waals surface area contributed by atoms with E-state index in [1.54, 1.807) is 24.3 Å². The van der Waals surface area contributed by atoms with E-state index in [2.05, 4.69) is 0 Å². The van der Waals surface area contributed by atoms with E-state index in [-0.39, 0.29) is 13.2 Å². The van der Waals surface area contributed by atoms with E-state index in [4.69, 9.17) is 15.0 Å². The maximum Gasteiger partial charge on any atom is 0.189 e. The van der Waals surface area contributed by atoms with Gasteiger partial charge in [0.15, 0.2) is 11.1 Å². The summed E-state index contributed by atoms with van der Waals surface area (Å²) in [5, 5.41) is 8.43. The van der Waals surface area contributed by atoms with Crippen LogP contribution >= 0.6 is 0 Å². The van der Waals surface area contributed by atoms with Crippen LogP contribution < -0.4 is 5.73 Å². The Balaban J connectivity index is 2.66. The smallest absolute Gasteiger partial charge is 0.189 e. The van der Waals surface area contributed by atoms with Gasteiger partial charge in [-0.15, -0.1) is 0 Å². The molecule has 0 aliphatic heterocycles. The maximum absolute atomic E-state index is 11.3. The first-order chi connectivity index (χ1) is 6.24. The summed E-state index contributed by atoms with van der Waals surface area (Å²) in [6.45, 7) is -0.0878. The van der Waals surface area contributed by atoms with E-state index in [0.29, 0.717) is 10.6 Å². The third-order valence-corrected chi connectivity index (χ3v) is 2.35. The fourth-order valence-corrected chi connectivity index (χ4v) is 1.58. The van der Waals surface area contributed by atoms with Gasteiger partial charge in [0, 0.05) is 5.69 Å². The summed E-state index contributed by atoms with van der Waals surface area (Å²) in [6.07, 6.45) is 0. The molecule has 0 saturated heterocycles. The van der Waals surface area contributed by atoms with Gasteiger partial charge in [0.05, 0.1) is 18.1 Å². The van der Waals surface area contributed by atoms with Crippen molar-refractivity contribution in [3.05, 3.63) is 24.3 Å². The van der Waals surface area contributed by atoms with Crippen molar-refractivity contribution in [2.75, 3.05) is 18.9 Å². The normalized spacial score (nSPS) is 12.7. The Kier molecular flexibility index (Phi) is 3.88. The number of rotatable bonds is 4. The zero-order valence-electron chi connectivity index (χ0n) is 6.97. The number of benzene rings is 1. The summed E-state index contributed by atoms with van der Waals surface area (Å²) in [5.74, 6) is 0. The van der Waals surface area contributed by atoms with Gasteiger partial charge in [0.25, 0.3) is 0 Å². The van der Waals surface area contributed by atoms with Crippen LogP contribution in [0.1, 0.15) is 0 Å². The molecule has 72 valence electrons. The second-order valence-corrected chi connectivity index (χ2v) is 3.53. The Labute approximate surface area is 79.0 Å². The highest BCUT2D eigenvalue weighted by molar-refractivity contribution is 7.80. The molecule has 0 aromatic heterocycles. The summed E-state index contributed by atoms with van der Waals surface area (Å²) in [7, 11) is 0. The Bertz CT molecular complexity index is 303. The van der Waals surface area contributed by atoms with Crippen LogP contribution in [0.3, 0.4) is 0 Å². The van der Waals surface area contributed by atoms with Gasteiger partial charge >= 0.3 is 0 Å². The van der Waals surface area contributed by atoms with E-state index in [1.807, 2.05) is 0 Å². The van der Waals surface area contributed by atoms with Crippen LogP contribution in [-0.2, 0) is 15.3 Å². The van der Waals surface area contributed by atoms with Crippen molar-refractivity contribution in [1.29, 1.82) is 0 Å². The number of anilines is 1. The molecular weight excluding hydrogens is 190 g/mol. The lowest BCUT2D eigenvalue weighted by Gasteiger charge is -2.01. The third kappa shape index (κ3) is 3.14. The van der Waals surface area contributed by atoms with Crippen LogP contribution in [0.4, 0.5) is 5.69 Å². The Morgan fingerprint density at radius 3 is 2.92 bits per heavy atom. The molecule has 0 spiro atoms. The third-order valence-electron chi connectivity index (χ3n) is 1.33. The van der Waals surface area contributed by atoms with Crippen LogP contribution in [0.25, 0.3) is 0 Å². The molecule has 0 heterocycles. The molecule has 4 nitrogen and oxygen atoms in total. The standard InChI is InChI=1S/C8H11NO3S/c9-7-2-1-3-8(6-7)13(11)12-5-4-10/h1-3,6,10H,4-5,9H2. The topological polar surface area (TPSA) is 72.6 Å². The van der Waals surface area contributed by atoms with Crippen molar-refractivity contribution >= 4 is 16.8 Å². The molecule has 1 rings (SSSR count). The molecule has 0 radical (unpaired) electrons. The second-order valence-electron chi connectivity index (χ2n) is 2.35. The number of nitrogens with two attached hydrogens (primary N) is 1. The van der Waals surface area contributed by atoms with Crippen molar-refractivity contribution in [2.45, 2.75) is 4.90 Å². The predicted octanol–water partition coefficient (Wildman–Crippen LogP) is 0.300. The van der Waals surface area contributed by atoms with Gasteiger partial charge in [-0.3, -0.25) is 4.18 Å². The Hall–Kier alpha value is -0.910. The van der Waals surface area contributed by atoms with Gasteiger partial charge in [-0.05, 0) is 18.2 Å². The van der Waals surface area contributed by atoms with Crippen LogP contribution in [0.5, 0.6) is 0 Å². The van der Waals surface area contributed by atoms with E-state index >= 15 is 0 Å². The molecule has 1 aromatic carbocycles. The monoisotopic (exact) mass is 201 g/mol. The molecule has 0 aliphatic carbocycles. The number of aliphatic hydroxyl groups is 1. The summed E-state index contributed by atoms with van der Waals surface area (Å²) in [6, 6.07) is 6.63. The average Bonchev–Trinajstić information content (AvgIpc) is 2.14. The zero-order chi connectivity index (χ0) is 9.68. The number of aliphatic hydroxyl groups excluding tert-OH is 1. The lowest BCUT2D eigenvalue weighted by atomic mass is 10.3. The maximum atomic E-state index is 11.3. The lowest BCUT2D eigenvalue weighted by molar-refractivity contribution is 0.213. The Morgan fingerprint density at radius 2 is 2.31 bits per heavy atom. The average molecular weight is 201 g/mol. The molecule has 0 bridgehead atoms. The van der Waals surface area contributed by atoms with Crippen molar-refractivity contribution in [3.8, 4) is 0 Å². The Morgan fingerprint density at radius 1 is 1.54 bits per heavy atom. The van der Waals surface area contributed by atoms with Crippen LogP contribution in [0, 0.1) is 0 Å². The van der Waals surface area contributed by atoms with Gasteiger partial charge in [-0.25, -0.2) is 4.21 Å². The SMILES string of the molecule is Nc1cccc(S(=O)OCCO)c1. The van der Waals surface area contributed by atoms with E-state index < -0.39 is 11.1 Å². The minimum absolute atomic E-state index is 0.0570. The molecule has 0 saturated carbocycles. The summed E-state index contributed by atoms with van der Waals surface area (Å²) in [5.41, 5.74) is 6.03. The molecule has 0 aliphatic rings. The van der Waals surface area contributed by atoms with Gasteiger partial charge in [0.1, 0.15) is 0 Å². The molecule has 5 heteroatoms. The number of nitrogen functional groups attached to an aromatic ring is 1. The summed E-state index contributed by atoms with van der Waals surface area (Å²) >= 11 is -1.53. The molecule has 0 amide bonds. The molecular formula is C8H11NO3S. The van der Waals surface area contributed by atoms with Crippen molar-refractivity contribution in [2.24, 2.45) is 0 Å². The van der Waals surface area contributed by atoms with E-state index in [1.165, 1.54) is 0 Å². The summed E-state index contributed by atoms with van der Waals surface area (Å²) < 4.78 is 16.1. The molecule has 13 heavy (non-hydrogen) atoms. The highest BCUT2D eigenvalue weighted by Crippen LogP contribution is 2.11. The minimum atomic E-state index is -1.53. The van der Waals surface area contributed by atoms with E-state index in [9.17, 15) is 4.21 Å². The van der Waals surface area contributed by atoms with Gasteiger partial charge in [0.2, 0.25) is 0 Å². The number of hydrogen-bond donors (Lipinski definition) is 2. The van der Waals surface area contributed by atoms with Gasteiger partial charge < -0.3 is 10.8 Å². The minimum Gasteiger partial charge on any atom is -0.399 e. The highest BCUT2D eigenvalue weighted by Gasteiger charge is 2.03. The van der Waals surface area contributed by atoms with Crippen LogP contribution in [0.15, 0.2) is 29.2 Å². The molecule has 1 unspecified atom stereocenters. The van der Waals surface area contributed by atoms with Crippen molar-refractivity contribution in [1.82, 2.24) is 0 Å². The zero-order valence-corrected chi connectivity index (χ0v) is 7.79. The fourth-order valence-electron chi connectivity index (χ4n) is 0.799. The first-order valence-corrected chi connectivity index (χ1v) is 4.83. The van der Waals surface area contributed by atoms with Crippen LogP contribution in [-0.4, -0.2) is 22.5 Å². The van der Waals surface area contributed by atoms with Gasteiger partial charge in [-0.1, -0.05) is 6.07 Å². The van der Waals surface area contributed by atoms with Crippen LogP contribution in [0.2, 0.25) is 0 Å². The molecule has 1 aromatic rings. The van der Waals surface area contributed by atoms with Gasteiger partial charge in [-0.2, -0.15) is 0 Å². The molecule has 0 fully saturated rings. The van der Waals surface area contributed by atoms with E-state index in [0.717, 1.165) is 0 Å². The first-order valence-electron chi connectivity index (χ1n) is 3.75.